The second-order valence-corrected chi connectivity index (χ2v) is 4.56. The number of hydrogen-bond acceptors (Lipinski definition) is 2. The van der Waals surface area contributed by atoms with E-state index in [2.05, 4.69) is 54.5 Å². The van der Waals surface area contributed by atoms with E-state index in [1.54, 1.807) is 0 Å². The molecule has 0 saturated carbocycles. The van der Waals surface area contributed by atoms with E-state index < -0.39 is 0 Å². The molecule has 18 heavy (non-hydrogen) atoms. The first-order valence-corrected chi connectivity index (χ1v) is 6.44. The summed E-state index contributed by atoms with van der Waals surface area (Å²) in [6.07, 6.45) is 4.86. The van der Waals surface area contributed by atoms with Gasteiger partial charge in [0.25, 0.3) is 0 Å². The zero-order valence-electron chi connectivity index (χ0n) is 11.3. The van der Waals surface area contributed by atoms with Gasteiger partial charge in [-0.3, -0.25) is 4.98 Å². The molecule has 1 heterocycles. The maximum atomic E-state index is 4.13. The number of benzene rings is 1. The van der Waals surface area contributed by atoms with E-state index in [9.17, 15) is 0 Å². The van der Waals surface area contributed by atoms with Gasteiger partial charge >= 0.3 is 0 Å². The third kappa shape index (κ3) is 2.59. The highest BCUT2D eigenvalue weighted by molar-refractivity contribution is 5.66. The Hall–Kier alpha value is -1.67. The van der Waals surface area contributed by atoms with Crippen molar-refractivity contribution in [1.82, 2.24) is 10.3 Å². The fourth-order valence-corrected chi connectivity index (χ4v) is 2.30. The van der Waals surface area contributed by atoms with E-state index in [-0.39, 0.29) is 0 Å². The minimum absolute atomic E-state index is 0.442. The van der Waals surface area contributed by atoms with Crippen LogP contribution >= 0.6 is 0 Å². The molecule has 0 saturated heterocycles. The van der Waals surface area contributed by atoms with Crippen molar-refractivity contribution in [2.45, 2.75) is 26.3 Å². The van der Waals surface area contributed by atoms with Gasteiger partial charge in [0.1, 0.15) is 0 Å². The molecule has 1 unspecified atom stereocenters. The fourth-order valence-electron chi connectivity index (χ4n) is 2.30. The van der Waals surface area contributed by atoms with Gasteiger partial charge in [-0.2, -0.15) is 0 Å². The third-order valence-corrected chi connectivity index (χ3v) is 3.40. The van der Waals surface area contributed by atoms with Gasteiger partial charge < -0.3 is 5.32 Å². The van der Waals surface area contributed by atoms with Crippen LogP contribution in [0.3, 0.4) is 0 Å². The van der Waals surface area contributed by atoms with Gasteiger partial charge in [0.05, 0.1) is 0 Å². The van der Waals surface area contributed by atoms with E-state index in [0.29, 0.717) is 6.04 Å². The van der Waals surface area contributed by atoms with E-state index in [4.69, 9.17) is 0 Å². The number of nitrogens with one attached hydrogen (secondary N) is 1. The summed E-state index contributed by atoms with van der Waals surface area (Å²) in [5, 5.41) is 3.33. The minimum Gasteiger partial charge on any atom is -0.313 e. The predicted octanol–water partition coefficient (Wildman–Crippen LogP) is 3.73. The van der Waals surface area contributed by atoms with Crippen molar-refractivity contribution >= 4 is 0 Å². The van der Waals surface area contributed by atoms with Crippen molar-refractivity contribution in [2.75, 3.05) is 7.05 Å². The summed E-state index contributed by atoms with van der Waals surface area (Å²) in [5.41, 5.74) is 5.07. The number of hydrogen-bond donors (Lipinski definition) is 1. The summed E-state index contributed by atoms with van der Waals surface area (Å²) in [5.74, 6) is 0. The minimum atomic E-state index is 0.442. The number of pyridine rings is 1. The van der Waals surface area contributed by atoms with Crippen molar-refractivity contribution in [2.24, 2.45) is 0 Å². The zero-order valence-corrected chi connectivity index (χ0v) is 11.3. The molecule has 0 bridgehead atoms. The quantitative estimate of drug-likeness (QED) is 0.881. The average Bonchev–Trinajstić information content (AvgIpc) is 2.42. The molecule has 1 N–H and O–H groups in total. The lowest BCUT2D eigenvalue weighted by molar-refractivity contribution is 0.577. The Morgan fingerprint density at radius 3 is 2.44 bits per heavy atom. The second kappa shape index (κ2) is 5.78. The van der Waals surface area contributed by atoms with Gasteiger partial charge in [-0.15, -0.1) is 0 Å². The lowest BCUT2D eigenvalue weighted by Crippen LogP contribution is -2.14. The Morgan fingerprint density at radius 1 is 1.17 bits per heavy atom. The fraction of sp³-hybridized carbons (Fsp3) is 0.312. The second-order valence-electron chi connectivity index (χ2n) is 4.56. The predicted molar refractivity (Wildman–Crippen MR) is 76.5 cm³/mol. The maximum Gasteiger partial charge on any atom is 0.0314 e. The van der Waals surface area contributed by atoms with Gasteiger partial charge in [0.2, 0.25) is 0 Å². The van der Waals surface area contributed by atoms with Crippen LogP contribution < -0.4 is 5.32 Å². The zero-order chi connectivity index (χ0) is 13.0. The summed E-state index contributed by atoms with van der Waals surface area (Å²) < 4.78 is 0. The van der Waals surface area contributed by atoms with Crippen LogP contribution in [0.4, 0.5) is 0 Å². The molecule has 2 nitrogen and oxygen atoms in total. The molecule has 1 aromatic heterocycles. The monoisotopic (exact) mass is 240 g/mol. The number of aromatic nitrogens is 1. The van der Waals surface area contributed by atoms with Gasteiger partial charge in [-0.05, 0) is 48.7 Å². The summed E-state index contributed by atoms with van der Waals surface area (Å²) in [6.45, 7) is 4.29. The number of rotatable bonds is 4. The Kier molecular flexibility index (Phi) is 4.11. The molecule has 94 valence electrons. The van der Waals surface area contributed by atoms with Crippen molar-refractivity contribution in [3.8, 4) is 11.1 Å². The first-order chi connectivity index (χ1) is 8.76. The number of nitrogens with zero attached hydrogens (tertiary/aromatic N) is 1. The van der Waals surface area contributed by atoms with E-state index in [1.165, 1.54) is 22.3 Å². The standard InChI is InChI=1S/C16H20N2/c1-4-16(17-3)14-7-5-13(6-8-14)15-9-10-18-11-12(15)2/h5-11,16-17H,4H2,1-3H3. The lowest BCUT2D eigenvalue weighted by Gasteiger charge is -2.15. The van der Waals surface area contributed by atoms with Crippen LogP contribution in [0.25, 0.3) is 11.1 Å². The van der Waals surface area contributed by atoms with Crippen LogP contribution in [-0.2, 0) is 0 Å². The Balaban J connectivity index is 2.30. The van der Waals surface area contributed by atoms with Crippen LogP contribution in [0, 0.1) is 6.92 Å². The first-order valence-electron chi connectivity index (χ1n) is 6.44. The molecule has 1 atom stereocenters. The molecular formula is C16H20N2. The summed E-state index contributed by atoms with van der Waals surface area (Å²) in [4.78, 5) is 4.13. The van der Waals surface area contributed by atoms with Crippen molar-refractivity contribution < 1.29 is 0 Å². The van der Waals surface area contributed by atoms with Gasteiger partial charge in [-0.1, -0.05) is 31.2 Å². The van der Waals surface area contributed by atoms with Crippen molar-refractivity contribution in [1.29, 1.82) is 0 Å². The highest BCUT2D eigenvalue weighted by Crippen LogP contribution is 2.24. The van der Waals surface area contributed by atoms with Crippen LogP contribution in [-0.4, -0.2) is 12.0 Å². The number of aryl methyl sites for hydroxylation is 1. The highest BCUT2D eigenvalue weighted by atomic mass is 14.9. The van der Waals surface area contributed by atoms with Gasteiger partial charge in [0, 0.05) is 18.4 Å². The first kappa shape index (κ1) is 12.8. The van der Waals surface area contributed by atoms with Crippen molar-refractivity contribution in [3.63, 3.8) is 0 Å². The Morgan fingerprint density at radius 2 is 1.89 bits per heavy atom. The molecule has 0 aliphatic heterocycles. The van der Waals surface area contributed by atoms with E-state index >= 15 is 0 Å². The average molecular weight is 240 g/mol. The molecule has 0 aliphatic carbocycles. The Labute approximate surface area is 109 Å². The van der Waals surface area contributed by atoms with Gasteiger partial charge in [0.15, 0.2) is 0 Å². The SMILES string of the molecule is CCC(NC)c1ccc(-c2ccncc2C)cc1. The molecular weight excluding hydrogens is 220 g/mol. The molecule has 0 fully saturated rings. The molecule has 1 aromatic carbocycles. The molecule has 0 radical (unpaired) electrons. The van der Waals surface area contributed by atoms with Crippen LogP contribution in [0.15, 0.2) is 42.7 Å². The summed E-state index contributed by atoms with van der Waals surface area (Å²) in [7, 11) is 2.01. The summed E-state index contributed by atoms with van der Waals surface area (Å²) in [6, 6.07) is 11.3. The van der Waals surface area contributed by atoms with E-state index in [1.807, 2.05) is 19.4 Å². The van der Waals surface area contributed by atoms with Crippen molar-refractivity contribution in [3.05, 3.63) is 53.9 Å². The topological polar surface area (TPSA) is 24.9 Å². The molecule has 2 heteroatoms. The molecule has 2 aromatic rings. The summed E-state index contributed by atoms with van der Waals surface area (Å²) >= 11 is 0. The molecule has 0 spiro atoms. The molecule has 2 rings (SSSR count). The highest BCUT2D eigenvalue weighted by Gasteiger charge is 2.07. The van der Waals surface area contributed by atoms with Crippen LogP contribution in [0.1, 0.15) is 30.5 Å². The Bertz CT molecular complexity index is 499. The van der Waals surface area contributed by atoms with Gasteiger partial charge in [-0.25, -0.2) is 0 Å². The van der Waals surface area contributed by atoms with E-state index in [0.717, 1.165) is 6.42 Å². The van der Waals surface area contributed by atoms with Crippen LogP contribution in [0.2, 0.25) is 0 Å². The third-order valence-electron chi connectivity index (χ3n) is 3.40. The smallest absolute Gasteiger partial charge is 0.0314 e. The molecule has 0 amide bonds. The lowest BCUT2D eigenvalue weighted by atomic mass is 9.98. The normalized spacial score (nSPS) is 12.4. The van der Waals surface area contributed by atoms with Crippen LogP contribution in [0.5, 0.6) is 0 Å². The molecule has 0 aliphatic rings. The maximum absolute atomic E-state index is 4.13. The largest absolute Gasteiger partial charge is 0.313 e.